The fourth-order valence-corrected chi connectivity index (χ4v) is 4.11. The van der Waals surface area contributed by atoms with E-state index in [1.54, 1.807) is 18.2 Å². The van der Waals surface area contributed by atoms with Crippen molar-refractivity contribution in [1.82, 2.24) is 14.4 Å². The molecule has 28 heavy (non-hydrogen) atoms. The summed E-state index contributed by atoms with van der Waals surface area (Å²) >= 11 is 3.35. The minimum atomic E-state index is -3.53. The highest BCUT2D eigenvalue weighted by molar-refractivity contribution is 9.10. The third kappa shape index (κ3) is 5.18. The Hall–Kier alpha value is -2.23. The highest BCUT2D eigenvalue weighted by Crippen LogP contribution is 2.21. The first-order chi connectivity index (χ1) is 13.4. The van der Waals surface area contributed by atoms with Crippen LogP contribution in [0.25, 0.3) is 11.4 Å². The summed E-state index contributed by atoms with van der Waals surface area (Å²) in [5, 5.41) is 3.94. The van der Waals surface area contributed by atoms with Crippen molar-refractivity contribution in [3.05, 3.63) is 64.5 Å². The molecule has 0 amide bonds. The molecule has 9 heteroatoms. The smallest absolute Gasteiger partial charge is 0.242 e. The van der Waals surface area contributed by atoms with Gasteiger partial charge in [0.15, 0.2) is 0 Å². The van der Waals surface area contributed by atoms with Gasteiger partial charge in [0.2, 0.25) is 21.7 Å². The van der Waals surface area contributed by atoms with Gasteiger partial charge < -0.3 is 9.26 Å². The van der Waals surface area contributed by atoms with Crippen molar-refractivity contribution in [2.45, 2.75) is 19.2 Å². The van der Waals surface area contributed by atoms with Crippen LogP contribution in [0.2, 0.25) is 0 Å². The molecule has 0 spiro atoms. The summed E-state index contributed by atoms with van der Waals surface area (Å²) < 4.78 is 37.9. The predicted molar refractivity (Wildman–Crippen MR) is 109 cm³/mol. The van der Waals surface area contributed by atoms with Gasteiger partial charge in [0.1, 0.15) is 5.75 Å². The van der Waals surface area contributed by atoms with Crippen molar-refractivity contribution in [3.8, 4) is 17.1 Å². The van der Waals surface area contributed by atoms with Crippen LogP contribution in [0.1, 0.15) is 18.4 Å². The summed E-state index contributed by atoms with van der Waals surface area (Å²) in [4.78, 5) is 4.30. The number of sulfonamides is 1. The summed E-state index contributed by atoms with van der Waals surface area (Å²) in [6, 6.07) is 14.5. The first-order valence-electron chi connectivity index (χ1n) is 8.61. The van der Waals surface area contributed by atoms with E-state index in [4.69, 9.17) is 9.26 Å². The molecule has 0 saturated carbocycles. The van der Waals surface area contributed by atoms with E-state index < -0.39 is 10.0 Å². The molecule has 3 aromatic rings. The van der Waals surface area contributed by atoms with Gasteiger partial charge in [-0.05, 0) is 48.9 Å². The normalized spacial score (nSPS) is 11.7. The van der Waals surface area contributed by atoms with Gasteiger partial charge in [-0.15, -0.1) is 0 Å². The van der Waals surface area contributed by atoms with Crippen molar-refractivity contribution in [2.75, 3.05) is 13.7 Å². The van der Waals surface area contributed by atoms with Gasteiger partial charge >= 0.3 is 0 Å². The molecule has 148 valence electrons. The average Bonchev–Trinajstić information content (AvgIpc) is 3.11. The number of nitrogens with zero attached hydrogens (tertiary/aromatic N) is 3. The minimum absolute atomic E-state index is 0.000363. The standard InChI is InChI=1S/C19H20BrN3O4S/c1-3-26-17-9-7-15(8-10-17)19-21-18(27-22-19)12-23(2)28(24,25)13-14-5-4-6-16(20)11-14/h4-11H,3,12-13H2,1-2H3. The Morgan fingerprint density at radius 2 is 1.93 bits per heavy atom. The number of aromatic nitrogens is 2. The fraction of sp³-hybridized carbons (Fsp3) is 0.263. The average molecular weight is 466 g/mol. The summed E-state index contributed by atoms with van der Waals surface area (Å²) in [5.74, 6) is 1.27. The third-order valence-electron chi connectivity index (χ3n) is 3.96. The minimum Gasteiger partial charge on any atom is -0.494 e. The molecule has 0 aliphatic rings. The van der Waals surface area contributed by atoms with E-state index in [-0.39, 0.29) is 18.2 Å². The van der Waals surface area contributed by atoms with E-state index in [0.717, 1.165) is 15.8 Å². The Morgan fingerprint density at radius 1 is 1.18 bits per heavy atom. The Bertz CT molecular complexity index is 1040. The number of hydrogen-bond donors (Lipinski definition) is 0. The molecule has 2 aromatic carbocycles. The van der Waals surface area contributed by atoms with Crippen LogP contribution in [-0.4, -0.2) is 36.5 Å². The van der Waals surface area contributed by atoms with E-state index >= 15 is 0 Å². The quantitative estimate of drug-likeness (QED) is 0.501. The number of rotatable bonds is 8. The van der Waals surface area contributed by atoms with Gasteiger partial charge in [-0.2, -0.15) is 9.29 Å². The maximum absolute atomic E-state index is 12.6. The predicted octanol–water partition coefficient (Wildman–Crippen LogP) is 3.86. The zero-order valence-electron chi connectivity index (χ0n) is 15.5. The van der Waals surface area contributed by atoms with Crippen molar-refractivity contribution >= 4 is 26.0 Å². The highest BCUT2D eigenvalue weighted by Gasteiger charge is 2.21. The number of benzene rings is 2. The number of hydrogen-bond acceptors (Lipinski definition) is 6. The van der Waals surface area contributed by atoms with Crippen LogP contribution in [0.5, 0.6) is 5.75 Å². The Kier molecular flexibility index (Phi) is 6.48. The topological polar surface area (TPSA) is 85.5 Å². The van der Waals surface area contributed by atoms with Crippen LogP contribution in [-0.2, 0) is 22.3 Å². The highest BCUT2D eigenvalue weighted by atomic mass is 79.9. The third-order valence-corrected chi connectivity index (χ3v) is 6.23. The molecular formula is C19H20BrN3O4S. The van der Waals surface area contributed by atoms with E-state index in [9.17, 15) is 8.42 Å². The second-order valence-electron chi connectivity index (χ2n) is 6.11. The lowest BCUT2D eigenvalue weighted by atomic mass is 10.2. The van der Waals surface area contributed by atoms with E-state index in [0.29, 0.717) is 18.0 Å². The van der Waals surface area contributed by atoms with Crippen LogP contribution in [0.3, 0.4) is 0 Å². The summed E-state index contributed by atoms with van der Waals surface area (Å²) in [6.45, 7) is 2.51. The molecule has 0 saturated heterocycles. The van der Waals surface area contributed by atoms with Crippen LogP contribution in [0.4, 0.5) is 0 Å². The summed E-state index contributed by atoms with van der Waals surface area (Å²) in [6.07, 6.45) is 0. The van der Waals surface area contributed by atoms with Crippen molar-refractivity contribution in [1.29, 1.82) is 0 Å². The largest absolute Gasteiger partial charge is 0.494 e. The van der Waals surface area contributed by atoms with Crippen molar-refractivity contribution < 1.29 is 17.7 Å². The Balaban J connectivity index is 1.68. The molecule has 1 heterocycles. The molecule has 1 aromatic heterocycles. The molecule has 0 atom stereocenters. The van der Waals surface area contributed by atoms with Crippen LogP contribution < -0.4 is 4.74 Å². The monoisotopic (exact) mass is 465 g/mol. The zero-order valence-corrected chi connectivity index (χ0v) is 17.9. The van der Waals surface area contributed by atoms with Gasteiger partial charge in [0.25, 0.3) is 0 Å². The first kappa shape index (κ1) is 20.5. The van der Waals surface area contributed by atoms with E-state index in [1.165, 1.54) is 11.4 Å². The lowest BCUT2D eigenvalue weighted by Crippen LogP contribution is -2.27. The summed E-state index contributed by atoms with van der Waals surface area (Å²) in [7, 11) is -2.03. The lowest BCUT2D eigenvalue weighted by Gasteiger charge is -2.15. The van der Waals surface area contributed by atoms with Gasteiger partial charge in [0, 0.05) is 17.1 Å². The van der Waals surface area contributed by atoms with Crippen LogP contribution in [0, 0.1) is 0 Å². The fourth-order valence-electron chi connectivity index (χ4n) is 2.54. The molecule has 7 nitrogen and oxygen atoms in total. The van der Waals surface area contributed by atoms with E-state index in [1.807, 2.05) is 37.3 Å². The second-order valence-corrected chi connectivity index (χ2v) is 9.10. The lowest BCUT2D eigenvalue weighted by molar-refractivity contribution is 0.336. The summed E-state index contributed by atoms with van der Waals surface area (Å²) in [5.41, 5.74) is 1.46. The van der Waals surface area contributed by atoms with Gasteiger partial charge in [-0.3, -0.25) is 0 Å². The molecule has 0 radical (unpaired) electrons. The number of halogens is 1. The first-order valence-corrected chi connectivity index (χ1v) is 11.0. The number of ether oxygens (including phenoxy) is 1. The van der Waals surface area contributed by atoms with Crippen LogP contribution >= 0.6 is 15.9 Å². The SMILES string of the molecule is CCOc1ccc(-c2noc(CN(C)S(=O)(=O)Cc3cccc(Br)c3)n2)cc1. The maximum atomic E-state index is 12.6. The van der Waals surface area contributed by atoms with Gasteiger partial charge in [0.05, 0.1) is 18.9 Å². The van der Waals surface area contributed by atoms with Crippen LogP contribution in [0.15, 0.2) is 57.5 Å². The Morgan fingerprint density at radius 3 is 2.61 bits per heavy atom. The van der Waals surface area contributed by atoms with Gasteiger partial charge in [-0.25, -0.2) is 8.42 Å². The molecule has 0 fully saturated rings. The molecular weight excluding hydrogens is 446 g/mol. The molecule has 0 aliphatic heterocycles. The second kappa shape index (κ2) is 8.85. The molecule has 0 N–H and O–H groups in total. The molecule has 0 bridgehead atoms. The maximum Gasteiger partial charge on any atom is 0.242 e. The van der Waals surface area contributed by atoms with Crippen molar-refractivity contribution in [3.63, 3.8) is 0 Å². The molecule has 0 unspecified atom stereocenters. The Labute approximate surface area is 172 Å². The van der Waals surface area contributed by atoms with Crippen molar-refractivity contribution in [2.24, 2.45) is 0 Å². The van der Waals surface area contributed by atoms with E-state index in [2.05, 4.69) is 26.1 Å². The zero-order chi connectivity index (χ0) is 20.1. The van der Waals surface area contributed by atoms with Gasteiger partial charge in [-0.1, -0.05) is 33.2 Å². The molecule has 0 aliphatic carbocycles. The molecule has 3 rings (SSSR count).